The summed E-state index contributed by atoms with van der Waals surface area (Å²) in [6.45, 7) is 6.25. The van der Waals surface area contributed by atoms with Crippen molar-refractivity contribution >= 4 is 5.91 Å². The molecule has 102 valence electrons. The number of carbonyl (C=O) groups is 1. The van der Waals surface area contributed by atoms with E-state index in [1.54, 1.807) is 7.05 Å². The summed E-state index contributed by atoms with van der Waals surface area (Å²) >= 11 is 0. The molecule has 0 fully saturated rings. The molecule has 17 heavy (non-hydrogen) atoms. The van der Waals surface area contributed by atoms with Crippen LogP contribution in [0.2, 0.25) is 0 Å². The fourth-order valence-electron chi connectivity index (χ4n) is 1.78. The lowest BCUT2D eigenvalue weighted by atomic mass is 10.2. The smallest absolute Gasteiger partial charge is 0.234 e. The SMILES string of the molecule is CCN(CCCN(C)C)CCC(NC)C(N)=O. The van der Waals surface area contributed by atoms with Gasteiger partial charge in [0.15, 0.2) is 0 Å². The number of amides is 1. The van der Waals surface area contributed by atoms with Crippen LogP contribution in [0.1, 0.15) is 19.8 Å². The number of likely N-dealkylation sites (N-methyl/N-ethyl adjacent to an activating group) is 1. The van der Waals surface area contributed by atoms with Crippen LogP contribution < -0.4 is 11.1 Å². The quantitative estimate of drug-likeness (QED) is 0.555. The van der Waals surface area contributed by atoms with E-state index >= 15 is 0 Å². The summed E-state index contributed by atoms with van der Waals surface area (Å²) in [5, 5.41) is 2.95. The van der Waals surface area contributed by atoms with E-state index in [-0.39, 0.29) is 11.9 Å². The minimum absolute atomic E-state index is 0.210. The van der Waals surface area contributed by atoms with Crippen LogP contribution in [0.25, 0.3) is 0 Å². The highest BCUT2D eigenvalue weighted by molar-refractivity contribution is 5.79. The molecule has 0 rings (SSSR count). The zero-order valence-electron chi connectivity index (χ0n) is 11.7. The number of rotatable bonds is 10. The predicted molar refractivity (Wildman–Crippen MR) is 71.9 cm³/mol. The van der Waals surface area contributed by atoms with E-state index < -0.39 is 0 Å². The number of carbonyl (C=O) groups excluding carboxylic acids is 1. The first kappa shape index (κ1) is 16.4. The Morgan fingerprint density at radius 1 is 1.29 bits per heavy atom. The van der Waals surface area contributed by atoms with Crippen LogP contribution >= 0.6 is 0 Å². The highest BCUT2D eigenvalue weighted by atomic mass is 16.1. The number of hydrogen-bond acceptors (Lipinski definition) is 4. The molecule has 0 spiro atoms. The van der Waals surface area contributed by atoms with Crippen molar-refractivity contribution in [1.82, 2.24) is 15.1 Å². The molecule has 0 aromatic rings. The molecule has 0 radical (unpaired) electrons. The third-order valence-electron chi connectivity index (χ3n) is 2.95. The summed E-state index contributed by atoms with van der Waals surface area (Å²) in [4.78, 5) is 15.6. The van der Waals surface area contributed by atoms with Crippen molar-refractivity contribution in [2.24, 2.45) is 5.73 Å². The maximum atomic E-state index is 11.1. The Hall–Kier alpha value is -0.650. The Bertz CT molecular complexity index is 209. The molecule has 0 saturated carbocycles. The van der Waals surface area contributed by atoms with Gasteiger partial charge in [-0.2, -0.15) is 0 Å². The highest BCUT2D eigenvalue weighted by Gasteiger charge is 2.13. The van der Waals surface area contributed by atoms with Gasteiger partial charge in [-0.15, -0.1) is 0 Å². The van der Waals surface area contributed by atoms with Gasteiger partial charge in [0.2, 0.25) is 5.91 Å². The van der Waals surface area contributed by atoms with Crippen LogP contribution in [0.3, 0.4) is 0 Å². The average molecular weight is 244 g/mol. The van der Waals surface area contributed by atoms with Gasteiger partial charge in [-0.3, -0.25) is 4.79 Å². The molecule has 0 aromatic carbocycles. The van der Waals surface area contributed by atoms with Crippen molar-refractivity contribution < 1.29 is 4.79 Å². The second-order valence-corrected chi connectivity index (χ2v) is 4.62. The first-order valence-electron chi connectivity index (χ1n) is 6.34. The molecule has 1 atom stereocenters. The van der Waals surface area contributed by atoms with Crippen LogP contribution in [-0.2, 0) is 4.79 Å². The minimum atomic E-state index is -0.267. The molecule has 1 unspecified atom stereocenters. The third-order valence-corrected chi connectivity index (χ3v) is 2.95. The first-order chi connectivity index (χ1) is 8.01. The van der Waals surface area contributed by atoms with Gasteiger partial charge in [-0.05, 0) is 53.6 Å². The second kappa shape index (κ2) is 9.39. The lowest BCUT2D eigenvalue weighted by Crippen LogP contribution is -2.42. The van der Waals surface area contributed by atoms with E-state index in [2.05, 4.69) is 36.1 Å². The van der Waals surface area contributed by atoms with Gasteiger partial charge in [-0.25, -0.2) is 0 Å². The molecule has 0 heterocycles. The summed E-state index contributed by atoms with van der Waals surface area (Å²) in [6.07, 6.45) is 1.93. The summed E-state index contributed by atoms with van der Waals surface area (Å²) in [5.74, 6) is -0.267. The van der Waals surface area contributed by atoms with E-state index in [9.17, 15) is 4.79 Å². The van der Waals surface area contributed by atoms with Crippen LogP contribution in [0, 0.1) is 0 Å². The van der Waals surface area contributed by atoms with E-state index in [1.165, 1.54) is 0 Å². The topological polar surface area (TPSA) is 61.6 Å². The largest absolute Gasteiger partial charge is 0.368 e. The van der Waals surface area contributed by atoms with Crippen LogP contribution in [0.5, 0.6) is 0 Å². The Balaban J connectivity index is 3.84. The molecule has 0 aliphatic rings. The van der Waals surface area contributed by atoms with Crippen LogP contribution in [-0.4, -0.2) is 69.1 Å². The maximum Gasteiger partial charge on any atom is 0.234 e. The van der Waals surface area contributed by atoms with Gasteiger partial charge in [0.1, 0.15) is 0 Å². The molecule has 0 bridgehead atoms. The van der Waals surface area contributed by atoms with E-state index in [0.29, 0.717) is 0 Å². The molecule has 5 heteroatoms. The summed E-state index contributed by atoms with van der Waals surface area (Å²) in [6, 6.07) is -0.210. The standard InChI is InChI=1S/C12H28N4O/c1-5-16(9-6-8-15(3)4)10-7-11(14-2)12(13)17/h11,14H,5-10H2,1-4H3,(H2,13,17). The number of nitrogens with one attached hydrogen (secondary N) is 1. The molecule has 0 aliphatic carbocycles. The minimum Gasteiger partial charge on any atom is -0.368 e. The Labute approximate surface area is 105 Å². The van der Waals surface area contributed by atoms with Crippen molar-refractivity contribution in [3.05, 3.63) is 0 Å². The van der Waals surface area contributed by atoms with Gasteiger partial charge in [0, 0.05) is 6.54 Å². The van der Waals surface area contributed by atoms with E-state index in [4.69, 9.17) is 5.73 Å². The van der Waals surface area contributed by atoms with Crippen molar-refractivity contribution in [3.8, 4) is 0 Å². The van der Waals surface area contributed by atoms with E-state index in [1.807, 2.05) is 0 Å². The van der Waals surface area contributed by atoms with Crippen molar-refractivity contribution in [2.75, 3.05) is 47.3 Å². The van der Waals surface area contributed by atoms with Gasteiger partial charge in [0.25, 0.3) is 0 Å². The summed E-state index contributed by atoms with van der Waals surface area (Å²) < 4.78 is 0. The lowest BCUT2D eigenvalue weighted by Gasteiger charge is -2.23. The zero-order chi connectivity index (χ0) is 13.3. The van der Waals surface area contributed by atoms with Gasteiger partial charge in [-0.1, -0.05) is 6.92 Å². The third kappa shape index (κ3) is 8.12. The molecule has 5 nitrogen and oxygen atoms in total. The van der Waals surface area contributed by atoms with E-state index in [0.717, 1.165) is 39.0 Å². The number of hydrogen-bond donors (Lipinski definition) is 2. The lowest BCUT2D eigenvalue weighted by molar-refractivity contribution is -0.120. The molecule has 0 saturated heterocycles. The number of nitrogens with zero attached hydrogens (tertiary/aromatic N) is 2. The average Bonchev–Trinajstić information content (AvgIpc) is 2.26. The summed E-state index contributed by atoms with van der Waals surface area (Å²) in [7, 11) is 5.94. The van der Waals surface area contributed by atoms with Gasteiger partial charge < -0.3 is 20.9 Å². The Kier molecular flexibility index (Phi) is 9.03. The summed E-state index contributed by atoms with van der Waals surface area (Å²) in [5.41, 5.74) is 5.29. The first-order valence-corrected chi connectivity index (χ1v) is 6.34. The molecule has 1 amide bonds. The monoisotopic (exact) mass is 244 g/mol. The maximum absolute atomic E-state index is 11.1. The highest BCUT2D eigenvalue weighted by Crippen LogP contribution is 1.98. The molecular formula is C12H28N4O. The second-order valence-electron chi connectivity index (χ2n) is 4.62. The fraction of sp³-hybridized carbons (Fsp3) is 0.917. The van der Waals surface area contributed by atoms with Crippen molar-refractivity contribution in [1.29, 1.82) is 0 Å². The Morgan fingerprint density at radius 2 is 1.94 bits per heavy atom. The van der Waals surface area contributed by atoms with Crippen molar-refractivity contribution in [2.45, 2.75) is 25.8 Å². The number of primary amides is 1. The number of nitrogens with two attached hydrogens (primary N) is 1. The fourth-order valence-corrected chi connectivity index (χ4v) is 1.78. The molecule has 3 N–H and O–H groups in total. The van der Waals surface area contributed by atoms with Gasteiger partial charge >= 0.3 is 0 Å². The molecule has 0 aromatic heterocycles. The molecular weight excluding hydrogens is 216 g/mol. The normalized spacial score (nSPS) is 13.3. The zero-order valence-corrected chi connectivity index (χ0v) is 11.7. The molecule has 0 aliphatic heterocycles. The van der Waals surface area contributed by atoms with Crippen molar-refractivity contribution in [3.63, 3.8) is 0 Å². The van der Waals surface area contributed by atoms with Gasteiger partial charge in [0.05, 0.1) is 6.04 Å². The Morgan fingerprint density at radius 3 is 2.35 bits per heavy atom. The predicted octanol–water partition coefficient (Wildman–Crippen LogP) is -0.277. The van der Waals surface area contributed by atoms with Crippen LogP contribution in [0.4, 0.5) is 0 Å². The van der Waals surface area contributed by atoms with Crippen LogP contribution in [0.15, 0.2) is 0 Å².